The highest BCUT2D eigenvalue weighted by atomic mass is 16.8. The Labute approximate surface area is 366 Å². The van der Waals surface area contributed by atoms with Gasteiger partial charge in [-0.05, 0) is 97.7 Å². The number of carbonyl (C=O) groups is 1. The third kappa shape index (κ3) is 7.66. The third-order valence-electron chi connectivity index (χ3n) is 17.8. The van der Waals surface area contributed by atoms with Crippen molar-refractivity contribution in [2.24, 2.45) is 51.8 Å². The molecule has 8 aliphatic rings. The molecular formula is C44H70O19. The van der Waals surface area contributed by atoms with Crippen molar-refractivity contribution in [2.75, 3.05) is 26.4 Å². The number of fused-ring (bicyclic) bond motifs is 7. The van der Waals surface area contributed by atoms with Crippen LogP contribution in [-0.4, -0.2) is 185 Å². The number of hydrogen-bond donors (Lipinski definition) is 12. The van der Waals surface area contributed by atoms with E-state index in [9.17, 15) is 66.1 Å². The van der Waals surface area contributed by atoms with Crippen molar-refractivity contribution < 1.29 is 94.5 Å². The van der Waals surface area contributed by atoms with Crippen LogP contribution in [0.15, 0.2) is 11.6 Å². The molecule has 0 aromatic rings. The smallest absolute Gasteiger partial charge is 0.338 e. The van der Waals surface area contributed by atoms with Crippen LogP contribution in [-0.2, 0) is 33.2 Å². The summed E-state index contributed by atoms with van der Waals surface area (Å²) in [5.74, 6) is -7.05. The quantitative estimate of drug-likeness (QED) is 0.0672. The fourth-order valence-electron chi connectivity index (χ4n) is 14.1. The average molecular weight is 903 g/mol. The van der Waals surface area contributed by atoms with Crippen LogP contribution in [0.3, 0.4) is 0 Å². The van der Waals surface area contributed by atoms with E-state index in [1.54, 1.807) is 0 Å². The van der Waals surface area contributed by atoms with E-state index in [4.69, 9.17) is 28.4 Å². The summed E-state index contributed by atoms with van der Waals surface area (Å²) in [5.41, 5.74) is 0.208. The fourth-order valence-corrected chi connectivity index (χ4v) is 14.1. The minimum absolute atomic E-state index is 0.0238. The zero-order valence-electron chi connectivity index (χ0n) is 36.5. The molecular weight excluding hydrogens is 832 g/mol. The molecule has 63 heavy (non-hydrogen) atoms. The van der Waals surface area contributed by atoms with Crippen molar-refractivity contribution in [3.63, 3.8) is 0 Å². The van der Waals surface area contributed by atoms with Gasteiger partial charge in [-0.3, -0.25) is 0 Å². The molecule has 0 aromatic carbocycles. The van der Waals surface area contributed by atoms with Crippen LogP contribution in [0.5, 0.6) is 0 Å². The van der Waals surface area contributed by atoms with Crippen molar-refractivity contribution in [3.8, 4) is 0 Å². The van der Waals surface area contributed by atoms with Gasteiger partial charge in [-0.1, -0.05) is 39.3 Å². The van der Waals surface area contributed by atoms with Gasteiger partial charge in [0.2, 0.25) is 17.7 Å². The van der Waals surface area contributed by atoms with Crippen molar-refractivity contribution >= 4 is 5.97 Å². The fraction of sp³-hybridized carbons (Fsp3) is 0.932. The number of hydrogen-bond acceptors (Lipinski definition) is 18. The summed E-state index contributed by atoms with van der Waals surface area (Å²) in [6.07, 6.45) is -12.3. The first-order valence-corrected chi connectivity index (χ1v) is 22.8. The molecule has 3 saturated heterocycles. The Kier molecular flexibility index (Phi) is 13.1. The highest BCUT2D eigenvalue weighted by Crippen LogP contribution is 2.70. The minimum atomic E-state index is -2.97. The molecule has 0 aromatic heterocycles. The number of allylic oxidation sites excluding steroid dienone is 2. The first kappa shape index (κ1) is 48.0. The van der Waals surface area contributed by atoms with Gasteiger partial charge in [-0.2, -0.15) is 0 Å². The molecule has 0 amide bonds. The van der Waals surface area contributed by atoms with E-state index in [0.717, 1.165) is 25.7 Å². The molecule has 12 N–H and O–H groups in total. The molecule has 10 unspecified atom stereocenters. The Hall–Kier alpha value is -1.47. The first-order chi connectivity index (χ1) is 29.6. The van der Waals surface area contributed by atoms with E-state index in [2.05, 4.69) is 26.8 Å². The monoisotopic (exact) mass is 902 g/mol. The van der Waals surface area contributed by atoms with Gasteiger partial charge in [0.05, 0.1) is 38.1 Å². The summed E-state index contributed by atoms with van der Waals surface area (Å²) in [5, 5.41) is 129. The van der Waals surface area contributed by atoms with Crippen molar-refractivity contribution in [1.29, 1.82) is 0 Å². The van der Waals surface area contributed by atoms with Gasteiger partial charge in [0.25, 0.3) is 0 Å². The van der Waals surface area contributed by atoms with Crippen LogP contribution in [0.25, 0.3) is 0 Å². The molecule has 4 saturated carbocycles. The lowest BCUT2D eigenvalue weighted by molar-refractivity contribution is -0.427. The van der Waals surface area contributed by atoms with Crippen molar-refractivity contribution in [1.82, 2.24) is 0 Å². The molecule has 8 rings (SSSR count). The lowest BCUT2D eigenvalue weighted by Crippen LogP contribution is -2.67. The third-order valence-corrected chi connectivity index (χ3v) is 17.8. The van der Waals surface area contributed by atoms with E-state index < -0.39 is 129 Å². The summed E-state index contributed by atoms with van der Waals surface area (Å²) >= 11 is 0. The van der Waals surface area contributed by atoms with Crippen molar-refractivity contribution in [3.05, 3.63) is 11.6 Å². The average Bonchev–Trinajstić information content (AvgIpc) is 3.51. The molecule has 5 aliphatic carbocycles. The molecule has 19 nitrogen and oxygen atoms in total. The number of carboxylic acid groups (broad SMARTS) is 1. The second-order valence-corrected chi connectivity index (χ2v) is 21.0. The molecule has 360 valence electrons. The van der Waals surface area contributed by atoms with Crippen LogP contribution in [0.4, 0.5) is 0 Å². The van der Waals surface area contributed by atoms with Gasteiger partial charge in [0.1, 0.15) is 49.3 Å². The van der Waals surface area contributed by atoms with E-state index in [1.165, 1.54) is 5.57 Å². The summed E-state index contributed by atoms with van der Waals surface area (Å²) in [7, 11) is 0. The standard InChI is InChI=1S/C44H70O19/c1-19-11-24-21-5-6-30-40(3)10-8-26(20(2)22(40)7-9-41(30,4)23(21)12-31(49)42(24,17-47)13-25(19)48)59-38-27(60-39-34(52)33(51)32(50)28(15-45)61-39)14-43(56,36(62-38)37(54)55)63-44(57)18-58-29(16-46)35(44)53/h5,19-20,22-36,38-39,45-53,56-57H,6-18H2,1-4H3,(H,54,55)/t19-,20-,22?,23?,24?,25+,26+,27?,28?,29+,30?,31-,32+,33?,34?,35?,36?,38-,39-,40+,41+,42-,43-,44-/m1/s1. The normalized spacial score (nSPS) is 55.8. The summed E-state index contributed by atoms with van der Waals surface area (Å²) < 4.78 is 35.2. The Morgan fingerprint density at radius 1 is 0.794 bits per heavy atom. The zero-order chi connectivity index (χ0) is 45.8. The predicted octanol–water partition coefficient (Wildman–Crippen LogP) is -1.53. The van der Waals surface area contributed by atoms with Gasteiger partial charge in [-0.15, -0.1) is 0 Å². The van der Waals surface area contributed by atoms with Gasteiger partial charge in [-0.25, -0.2) is 4.79 Å². The van der Waals surface area contributed by atoms with Gasteiger partial charge >= 0.3 is 5.97 Å². The maximum Gasteiger partial charge on any atom is 0.338 e. The Bertz CT molecular complexity index is 1700. The van der Waals surface area contributed by atoms with Crippen LogP contribution in [0.2, 0.25) is 0 Å². The van der Waals surface area contributed by atoms with Crippen LogP contribution in [0, 0.1) is 51.8 Å². The summed E-state index contributed by atoms with van der Waals surface area (Å²) in [4.78, 5) is 12.8. The lowest BCUT2D eigenvalue weighted by atomic mass is 9.38. The molecule has 19 heteroatoms. The maximum absolute atomic E-state index is 12.8. The second-order valence-electron chi connectivity index (χ2n) is 21.0. The molecule has 7 fully saturated rings. The highest BCUT2D eigenvalue weighted by molar-refractivity contribution is 5.74. The summed E-state index contributed by atoms with van der Waals surface area (Å²) in [6, 6.07) is 0. The van der Waals surface area contributed by atoms with Gasteiger partial charge < -0.3 is 89.7 Å². The first-order valence-electron chi connectivity index (χ1n) is 22.8. The Balaban J connectivity index is 1.05. The molecule has 24 atom stereocenters. The highest BCUT2D eigenvalue weighted by Gasteiger charge is 2.66. The van der Waals surface area contributed by atoms with E-state index >= 15 is 0 Å². The van der Waals surface area contributed by atoms with E-state index in [0.29, 0.717) is 25.7 Å². The maximum atomic E-state index is 12.8. The largest absolute Gasteiger partial charge is 0.479 e. The number of aliphatic hydroxyl groups excluding tert-OH is 9. The number of aliphatic hydroxyl groups is 11. The molecule has 0 spiro atoms. The van der Waals surface area contributed by atoms with Crippen molar-refractivity contribution in [2.45, 2.75) is 177 Å². The van der Waals surface area contributed by atoms with Crippen LogP contribution < -0.4 is 0 Å². The topological polar surface area (TPSA) is 315 Å². The Morgan fingerprint density at radius 2 is 1.48 bits per heavy atom. The molecule has 0 radical (unpaired) electrons. The Morgan fingerprint density at radius 3 is 2.13 bits per heavy atom. The SMILES string of the molecule is C[C@@H]1CC2C3=CCC4[C@@](C)(CCC5[C@@H](C)[C@@H](O[C@@H]6OC(C(=O)O)[C@](O)(O[C@]7(O)CO[C@@H](CO)C7O)CC6O[C@@H]6OC(CO)[C@H](O)C(O)C6O)CC[C@@]54C)C3C[C@@H](O)[C@@]2(CO)C[C@@H]1O. The minimum Gasteiger partial charge on any atom is -0.479 e. The van der Waals surface area contributed by atoms with Crippen LogP contribution >= 0.6 is 0 Å². The molecule has 3 heterocycles. The van der Waals surface area contributed by atoms with Gasteiger partial charge in [0.15, 0.2) is 12.6 Å². The van der Waals surface area contributed by atoms with Gasteiger partial charge in [0, 0.05) is 11.8 Å². The molecule has 0 bridgehead atoms. The molecule has 3 aliphatic heterocycles. The van der Waals surface area contributed by atoms with E-state index in [1.807, 2.05) is 6.92 Å². The predicted molar refractivity (Wildman–Crippen MR) is 213 cm³/mol. The van der Waals surface area contributed by atoms with Crippen LogP contribution in [0.1, 0.15) is 85.5 Å². The number of aliphatic carboxylic acids is 1. The van der Waals surface area contributed by atoms with E-state index in [-0.39, 0.29) is 52.9 Å². The summed E-state index contributed by atoms with van der Waals surface area (Å²) in [6.45, 7) is 6.34. The zero-order valence-corrected chi connectivity index (χ0v) is 36.5. The number of ether oxygens (including phenoxy) is 6. The second kappa shape index (κ2) is 17.2. The number of carboxylic acids is 1. The lowest BCUT2D eigenvalue weighted by Gasteiger charge is -2.67. The number of rotatable bonds is 10.